The lowest BCUT2D eigenvalue weighted by Gasteiger charge is -2.25. The molecule has 2 N–H and O–H groups in total. The highest BCUT2D eigenvalue weighted by Gasteiger charge is 2.37. The highest BCUT2D eigenvalue weighted by molar-refractivity contribution is 5.81. The number of rotatable bonds is 4. The summed E-state index contributed by atoms with van der Waals surface area (Å²) in [4.78, 5) is 4.32. The Labute approximate surface area is 116 Å². The Bertz CT molecular complexity index is 340. The summed E-state index contributed by atoms with van der Waals surface area (Å²) in [7, 11) is 0. The largest absolute Gasteiger partial charge is 0.458 e. The normalized spacial score (nSPS) is 31.7. The zero-order valence-electron chi connectivity index (χ0n) is 12.2. The molecule has 3 atom stereocenters. The maximum Gasteiger partial charge on any atom is 0.187 e. The van der Waals surface area contributed by atoms with Crippen LogP contribution in [0.4, 0.5) is 0 Å². The van der Waals surface area contributed by atoms with Crippen molar-refractivity contribution in [3.63, 3.8) is 0 Å². The zero-order valence-corrected chi connectivity index (χ0v) is 12.2. The van der Waals surface area contributed by atoms with E-state index in [1.807, 2.05) is 6.92 Å². The van der Waals surface area contributed by atoms with Crippen molar-refractivity contribution in [1.82, 2.24) is 5.32 Å². The summed E-state index contributed by atoms with van der Waals surface area (Å²) in [5, 5.41) is 11.7. The van der Waals surface area contributed by atoms with Crippen LogP contribution in [0.3, 0.4) is 0 Å². The van der Waals surface area contributed by atoms with Gasteiger partial charge in [-0.2, -0.15) is 0 Å². The zero-order chi connectivity index (χ0) is 13.7. The summed E-state index contributed by atoms with van der Waals surface area (Å²) < 4.78 is 5.57. The molecule has 1 saturated carbocycles. The number of hydrogen-bond acceptors (Lipinski definition) is 4. The highest BCUT2D eigenvalue weighted by atomic mass is 16.5. The van der Waals surface area contributed by atoms with Gasteiger partial charge in [0.2, 0.25) is 0 Å². The number of aliphatic imine (C=N–C) groups is 1. The van der Waals surface area contributed by atoms with Crippen molar-refractivity contribution in [3.8, 4) is 0 Å². The third-order valence-electron chi connectivity index (χ3n) is 4.69. The van der Waals surface area contributed by atoms with Crippen LogP contribution >= 0.6 is 0 Å². The van der Waals surface area contributed by atoms with E-state index in [0.717, 1.165) is 31.1 Å². The molecule has 0 radical (unpaired) electrons. The molecule has 0 bridgehead atoms. The lowest BCUT2D eigenvalue weighted by molar-refractivity contribution is 0.245. The second kappa shape index (κ2) is 7.04. The molecule has 1 unspecified atom stereocenters. The van der Waals surface area contributed by atoms with Gasteiger partial charge in [-0.25, -0.2) is 0 Å². The minimum Gasteiger partial charge on any atom is -0.458 e. The predicted molar refractivity (Wildman–Crippen MR) is 78.9 cm³/mol. The Morgan fingerprint density at radius 2 is 2.21 bits per heavy atom. The van der Waals surface area contributed by atoms with E-state index in [1.54, 1.807) is 0 Å². The standard InChI is InChI=1S/C15H27N3O/c1-3-11(2)18-10-19-15(16)14-9-17-8-7-12-5-4-6-13(12)14/h12-14,16-17H,3-10H2,1-2H3/t12?,13-,14-/m1/s1. The molecular weight excluding hydrogens is 238 g/mol. The summed E-state index contributed by atoms with van der Waals surface area (Å²) in [6.45, 7) is 6.40. The molecular formula is C15H27N3O. The first-order valence-corrected chi connectivity index (χ1v) is 7.64. The third-order valence-corrected chi connectivity index (χ3v) is 4.69. The molecule has 1 heterocycles. The predicted octanol–water partition coefficient (Wildman–Crippen LogP) is 2.83. The van der Waals surface area contributed by atoms with Gasteiger partial charge in [0.25, 0.3) is 0 Å². The van der Waals surface area contributed by atoms with Gasteiger partial charge in [-0.05, 0) is 44.6 Å². The molecule has 1 saturated heterocycles. The molecule has 4 nitrogen and oxygen atoms in total. The van der Waals surface area contributed by atoms with Crippen molar-refractivity contribution in [3.05, 3.63) is 0 Å². The SMILES string of the molecule is CCC(C)=NCOC(=N)[C@@H]1CNCCC2CCC[C@H]21. The Kier molecular flexibility index (Phi) is 5.37. The van der Waals surface area contributed by atoms with Crippen LogP contribution in [-0.4, -0.2) is 31.4 Å². The van der Waals surface area contributed by atoms with Crippen LogP contribution < -0.4 is 5.32 Å². The Morgan fingerprint density at radius 1 is 1.37 bits per heavy atom. The quantitative estimate of drug-likeness (QED) is 0.606. The molecule has 2 fully saturated rings. The van der Waals surface area contributed by atoms with E-state index < -0.39 is 0 Å². The Hall–Kier alpha value is -0.900. The van der Waals surface area contributed by atoms with E-state index in [2.05, 4.69) is 17.2 Å². The molecule has 4 heteroatoms. The summed E-state index contributed by atoms with van der Waals surface area (Å²) in [6.07, 6.45) is 6.14. The molecule has 0 aromatic heterocycles. The van der Waals surface area contributed by atoms with Gasteiger partial charge in [0.15, 0.2) is 12.6 Å². The summed E-state index contributed by atoms with van der Waals surface area (Å²) in [6, 6.07) is 0. The fraction of sp³-hybridized carbons (Fsp3) is 0.867. The number of nitrogens with zero attached hydrogens (tertiary/aromatic N) is 1. The third kappa shape index (κ3) is 3.78. The Balaban J connectivity index is 1.89. The van der Waals surface area contributed by atoms with Crippen molar-refractivity contribution in [1.29, 1.82) is 5.41 Å². The van der Waals surface area contributed by atoms with Gasteiger partial charge in [0.05, 0.1) is 5.92 Å². The van der Waals surface area contributed by atoms with Gasteiger partial charge in [0.1, 0.15) is 0 Å². The van der Waals surface area contributed by atoms with Crippen LogP contribution in [0.25, 0.3) is 0 Å². The van der Waals surface area contributed by atoms with Crippen LogP contribution in [0.1, 0.15) is 46.0 Å². The summed E-state index contributed by atoms with van der Waals surface area (Å²) in [5.74, 6) is 2.15. The first kappa shape index (κ1) is 14.5. The Morgan fingerprint density at radius 3 is 3.00 bits per heavy atom. The molecule has 2 rings (SSSR count). The number of ether oxygens (including phenoxy) is 1. The molecule has 0 aromatic rings. The fourth-order valence-corrected chi connectivity index (χ4v) is 3.37. The van der Waals surface area contributed by atoms with Gasteiger partial charge >= 0.3 is 0 Å². The molecule has 0 spiro atoms. The molecule has 0 amide bonds. The first-order valence-electron chi connectivity index (χ1n) is 7.64. The first-order chi connectivity index (χ1) is 9.22. The van der Waals surface area contributed by atoms with Crippen LogP contribution in [-0.2, 0) is 4.74 Å². The average Bonchev–Trinajstić information content (AvgIpc) is 2.78. The van der Waals surface area contributed by atoms with E-state index in [4.69, 9.17) is 10.1 Å². The van der Waals surface area contributed by atoms with E-state index in [0.29, 0.717) is 18.5 Å². The lowest BCUT2D eigenvalue weighted by atomic mass is 9.83. The summed E-state index contributed by atoms with van der Waals surface area (Å²) in [5.41, 5.74) is 1.09. The molecule has 19 heavy (non-hydrogen) atoms. The van der Waals surface area contributed by atoms with Crippen molar-refractivity contribution in [2.75, 3.05) is 19.8 Å². The van der Waals surface area contributed by atoms with Crippen molar-refractivity contribution < 1.29 is 4.74 Å². The average molecular weight is 265 g/mol. The lowest BCUT2D eigenvalue weighted by Crippen LogP contribution is -2.33. The summed E-state index contributed by atoms with van der Waals surface area (Å²) >= 11 is 0. The van der Waals surface area contributed by atoms with Crippen molar-refractivity contribution in [2.24, 2.45) is 22.7 Å². The van der Waals surface area contributed by atoms with Crippen LogP contribution in [0.15, 0.2) is 4.99 Å². The van der Waals surface area contributed by atoms with Crippen molar-refractivity contribution >= 4 is 11.6 Å². The molecule has 2 aliphatic rings. The second-order valence-electron chi connectivity index (χ2n) is 5.84. The van der Waals surface area contributed by atoms with Crippen LogP contribution in [0.5, 0.6) is 0 Å². The maximum atomic E-state index is 8.20. The molecule has 108 valence electrons. The fourth-order valence-electron chi connectivity index (χ4n) is 3.37. The van der Waals surface area contributed by atoms with Gasteiger partial charge in [-0.3, -0.25) is 10.4 Å². The van der Waals surface area contributed by atoms with Gasteiger partial charge in [-0.1, -0.05) is 19.8 Å². The minimum absolute atomic E-state index is 0.257. The molecule has 1 aliphatic heterocycles. The van der Waals surface area contributed by atoms with E-state index >= 15 is 0 Å². The van der Waals surface area contributed by atoms with E-state index in [9.17, 15) is 0 Å². The second-order valence-corrected chi connectivity index (χ2v) is 5.84. The van der Waals surface area contributed by atoms with E-state index in [-0.39, 0.29) is 5.92 Å². The van der Waals surface area contributed by atoms with Gasteiger partial charge in [0, 0.05) is 12.3 Å². The van der Waals surface area contributed by atoms with Crippen LogP contribution in [0, 0.1) is 23.2 Å². The monoisotopic (exact) mass is 265 g/mol. The topological polar surface area (TPSA) is 57.5 Å². The minimum atomic E-state index is 0.257. The van der Waals surface area contributed by atoms with E-state index in [1.165, 1.54) is 25.7 Å². The molecule has 0 aromatic carbocycles. The van der Waals surface area contributed by atoms with Crippen LogP contribution in [0.2, 0.25) is 0 Å². The number of nitrogens with one attached hydrogen (secondary N) is 2. The molecule has 1 aliphatic carbocycles. The number of hydrogen-bond donors (Lipinski definition) is 2. The van der Waals surface area contributed by atoms with Gasteiger partial charge in [-0.15, -0.1) is 0 Å². The maximum absolute atomic E-state index is 8.20. The smallest absolute Gasteiger partial charge is 0.187 e. The highest BCUT2D eigenvalue weighted by Crippen LogP contribution is 2.40. The van der Waals surface area contributed by atoms with Crippen molar-refractivity contribution in [2.45, 2.75) is 46.0 Å². The van der Waals surface area contributed by atoms with Gasteiger partial charge < -0.3 is 10.1 Å². The number of fused-ring (bicyclic) bond motifs is 1.